The number of ether oxygens (including phenoxy) is 4. The molecule has 2 aromatic carbocycles. The van der Waals surface area contributed by atoms with Gasteiger partial charge in [-0.3, -0.25) is 9.36 Å². The number of fused-ring (bicyclic) bond motifs is 1. The van der Waals surface area contributed by atoms with E-state index < -0.39 is 50.1 Å². The molecule has 4 atom stereocenters. The number of imidazole rings is 1. The second-order valence-corrected chi connectivity index (χ2v) is 15.5. The van der Waals surface area contributed by atoms with Gasteiger partial charge in [0.2, 0.25) is 0 Å². The summed E-state index contributed by atoms with van der Waals surface area (Å²) >= 11 is 0. The topological polar surface area (TPSA) is 208 Å². The number of nitrogens with two attached hydrogens (primary N) is 1. The molecule has 54 heavy (non-hydrogen) atoms. The van der Waals surface area contributed by atoms with E-state index in [2.05, 4.69) is 25.4 Å². The minimum absolute atomic E-state index is 0.0305. The first kappa shape index (κ1) is 41.7. The molecule has 0 radical (unpaired) electrons. The van der Waals surface area contributed by atoms with E-state index in [-0.39, 0.29) is 37.3 Å². The summed E-state index contributed by atoms with van der Waals surface area (Å²) in [6.07, 6.45) is 1.59. The third-order valence-corrected chi connectivity index (χ3v) is 9.63. The number of carbonyl (C=O) groups excluding carboxylic acids is 3. The van der Waals surface area contributed by atoms with Gasteiger partial charge in [-0.1, -0.05) is 56.3 Å². The van der Waals surface area contributed by atoms with Gasteiger partial charge in [0.15, 0.2) is 11.5 Å². The first-order chi connectivity index (χ1) is 25.7. The fourth-order valence-corrected chi connectivity index (χ4v) is 6.84. The SMILES string of the molecule is CC(C)CCOC(=O)[C@H](Cc1ccc(O[P@](=O)(CO[C@H](C)Cn2cnc3c(N)ncnc32)N[C@@H](C)C(=O)OC(C)C)cc1)NC(=O)OCc1ccccc1. The van der Waals surface area contributed by atoms with E-state index in [9.17, 15) is 18.9 Å². The third-order valence-electron chi connectivity index (χ3n) is 7.85. The van der Waals surface area contributed by atoms with Crippen LogP contribution in [0.5, 0.6) is 5.75 Å². The van der Waals surface area contributed by atoms with E-state index in [1.807, 2.05) is 44.2 Å². The smallest absolute Gasteiger partial charge is 0.408 e. The molecule has 0 bridgehead atoms. The number of hydrogen-bond acceptors (Lipinski definition) is 13. The minimum Gasteiger partial charge on any atom is -0.464 e. The van der Waals surface area contributed by atoms with Crippen LogP contribution in [0.25, 0.3) is 11.2 Å². The molecular formula is C37H50N7O9P. The molecule has 1 amide bonds. The van der Waals surface area contributed by atoms with Gasteiger partial charge in [-0.05, 0) is 63.3 Å². The molecule has 0 aliphatic rings. The van der Waals surface area contributed by atoms with Crippen LogP contribution in [-0.2, 0) is 52.7 Å². The van der Waals surface area contributed by atoms with Gasteiger partial charge in [-0.2, -0.15) is 0 Å². The number of hydrogen-bond donors (Lipinski definition) is 3. The first-order valence-electron chi connectivity index (χ1n) is 17.7. The maximum absolute atomic E-state index is 14.3. The van der Waals surface area contributed by atoms with Crippen molar-refractivity contribution in [1.82, 2.24) is 29.9 Å². The fraction of sp³-hybridized carbons (Fsp3) is 0.459. The van der Waals surface area contributed by atoms with Crippen molar-refractivity contribution in [3.63, 3.8) is 0 Å². The number of nitrogens with zero attached hydrogens (tertiary/aromatic N) is 4. The van der Waals surface area contributed by atoms with E-state index in [4.69, 9.17) is 29.2 Å². The van der Waals surface area contributed by atoms with Gasteiger partial charge in [-0.15, -0.1) is 0 Å². The number of nitrogens with one attached hydrogen (secondary N) is 2. The minimum atomic E-state index is -3.92. The van der Waals surface area contributed by atoms with Gasteiger partial charge in [0.25, 0.3) is 0 Å². The molecule has 0 spiro atoms. The molecule has 17 heteroatoms. The van der Waals surface area contributed by atoms with Crippen molar-refractivity contribution in [3.8, 4) is 5.75 Å². The summed E-state index contributed by atoms with van der Waals surface area (Å²) < 4.78 is 44.1. The van der Waals surface area contributed by atoms with E-state index in [1.54, 1.807) is 55.9 Å². The van der Waals surface area contributed by atoms with Crippen molar-refractivity contribution >= 4 is 42.5 Å². The number of aromatic nitrogens is 4. The Morgan fingerprint density at radius 1 is 0.889 bits per heavy atom. The Morgan fingerprint density at radius 3 is 2.30 bits per heavy atom. The lowest BCUT2D eigenvalue weighted by molar-refractivity contribution is -0.149. The van der Waals surface area contributed by atoms with Gasteiger partial charge in [-0.25, -0.2) is 29.6 Å². The molecule has 4 aromatic rings. The van der Waals surface area contributed by atoms with Crippen LogP contribution in [0.1, 0.15) is 59.1 Å². The normalized spacial score (nSPS) is 14.2. The Hall–Kier alpha value is -5.05. The molecule has 4 N–H and O–H groups in total. The predicted molar refractivity (Wildman–Crippen MR) is 201 cm³/mol. The highest BCUT2D eigenvalue weighted by molar-refractivity contribution is 7.57. The Bertz CT molecular complexity index is 1870. The van der Waals surface area contributed by atoms with Crippen LogP contribution in [0.4, 0.5) is 10.6 Å². The molecule has 0 aliphatic heterocycles. The Balaban J connectivity index is 1.45. The lowest BCUT2D eigenvalue weighted by Gasteiger charge is -2.25. The van der Waals surface area contributed by atoms with Gasteiger partial charge in [0.05, 0.1) is 31.7 Å². The van der Waals surface area contributed by atoms with Crippen LogP contribution in [-0.4, -0.2) is 74.8 Å². The number of alkyl carbamates (subject to hydrolysis) is 1. The van der Waals surface area contributed by atoms with Crippen molar-refractivity contribution in [2.75, 3.05) is 18.7 Å². The van der Waals surface area contributed by atoms with Gasteiger partial charge < -0.3 is 39.1 Å². The molecule has 0 unspecified atom stereocenters. The van der Waals surface area contributed by atoms with Crippen LogP contribution in [0.15, 0.2) is 67.3 Å². The number of amides is 1. The van der Waals surface area contributed by atoms with E-state index in [0.717, 1.165) is 5.56 Å². The number of nitrogen functional groups attached to an aromatic ring is 1. The van der Waals surface area contributed by atoms with Crippen LogP contribution >= 0.6 is 7.52 Å². The number of benzene rings is 2. The third kappa shape index (κ3) is 13.1. The lowest BCUT2D eigenvalue weighted by atomic mass is 10.1. The quantitative estimate of drug-likeness (QED) is 0.0585. The highest BCUT2D eigenvalue weighted by Gasteiger charge is 2.32. The van der Waals surface area contributed by atoms with Crippen LogP contribution in [0.2, 0.25) is 0 Å². The summed E-state index contributed by atoms with van der Waals surface area (Å²) in [5.41, 5.74) is 8.33. The van der Waals surface area contributed by atoms with E-state index in [0.29, 0.717) is 35.6 Å². The van der Waals surface area contributed by atoms with E-state index in [1.165, 1.54) is 13.3 Å². The number of rotatable bonds is 20. The Morgan fingerprint density at radius 2 is 1.61 bits per heavy atom. The van der Waals surface area contributed by atoms with Gasteiger partial charge >= 0.3 is 25.6 Å². The van der Waals surface area contributed by atoms with E-state index >= 15 is 0 Å². The maximum Gasteiger partial charge on any atom is 0.408 e. The number of esters is 2. The van der Waals surface area contributed by atoms with Crippen LogP contribution < -0.4 is 20.7 Å². The second-order valence-electron chi connectivity index (χ2n) is 13.5. The fourth-order valence-electron chi connectivity index (χ4n) is 5.05. The zero-order valence-electron chi connectivity index (χ0n) is 31.5. The molecule has 292 valence electrons. The average molecular weight is 768 g/mol. The number of carbonyl (C=O) groups is 3. The van der Waals surface area contributed by atoms with Crippen molar-refractivity contribution in [3.05, 3.63) is 78.4 Å². The van der Waals surface area contributed by atoms with Crippen molar-refractivity contribution in [2.24, 2.45) is 5.92 Å². The maximum atomic E-state index is 14.3. The summed E-state index contributed by atoms with van der Waals surface area (Å²) in [6, 6.07) is 13.6. The summed E-state index contributed by atoms with van der Waals surface area (Å²) in [4.78, 5) is 50.9. The lowest BCUT2D eigenvalue weighted by Crippen LogP contribution is -2.43. The monoisotopic (exact) mass is 767 g/mol. The second kappa shape index (κ2) is 19.9. The largest absolute Gasteiger partial charge is 0.464 e. The molecular weight excluding hydrogens is 717 g/mol. The predicted octanol–water partition coefficient (Wildman–Crippen LogP) is 5.40. The molecule has 0 fully saturated rings. The standard InChI is InChI=1S/C37H50N7O9P/c1-24(2)16-17-49-36(46)31(42-37(47)50-20-29-10-8-7-9-11-29)18-28-12-14-30(15-13-28)53-54(48,43-27(6)35(45)52-25(3)4)23-51-26(5)19-44-22-41-32-33(38)39-21-40-34(32)44/h7-15,21-22,24-27,31H,16-20,23H2,1-6H3,(H,42,47)(H,43,48)(H2,38,39,40)/t26-,27+,31+,54-/m1/s1. The van der Waals surface area contributed by atoms with Gasteiger partial charge in [0, 0.05) is 6.42 Å². The molecule has 0 aliphatic carbocycles. The molecule has 16 nitrogen and oxygen atoms in total. The Kier molecular flexibility index (Phi) is 15.3. The summed E-state index contributed by atoms with van der Waals surface area (Å²) in [5, 5.41) is 5.41. The van der Waals surface area contributed by atoms with Crippen molar-refractivity contribution in [2.45, 2.75) is 91.8 Å². The first-order valence-corrected chi connectivity index (χ1v) is 19.5. The van der Waals surface area contributed by atoms with Gasteiger partial charge in [0.1, 0.15) is 42.6 Å². The molecule has 2 aromatic heterocycles. The summed E-state index contributed by atoms with van der Waals surface area (Å²) in [6.45, 7) is 11.3. The number of anilines is 1. The molecule has 2 heterocycles. The summed E-state index contributed by atoms with van der Waals surface area (Å²) in [7, 11) is -3.92. The zero-order valence-corrected chi connectivity index (χ0v) is 32.4. The van der Waals surface area contributed by atoms with Crippen LogP contribution in [0.3, 0.4) is 0 Å². The Labute approximate surface area is 315 Å². The highest BCUT2D eigenvalue weighted by atomic mass is 31.2. The molecule has 4 rings (SSSR count). The average Bonchev–Trinajstić information content (AvgIpc) is 3.54. The zero-order chi connectivity index (χ0) is 39.3. The highest BCUT2D eigenvalue weighted by Crippen LogP contribution is 2.44. The van der Waals surface area contributed by atoms with Crippen LogP contribution in [0, 0.1) is 5.92 Å². The van der Waals surface area contributed by atoms with Crippen molar-refractivity contribution < 1.29 is 42.4 Å². The molecule has 0 saturated heterocycles. The van der Waals surface area contributed by atoms with Crippen molar-refractivity contribution in [1.29, 1.82) is 0 Å². The summed E-state index contributed by atoms with van der Waals surface area (Å²) in [5.74, 6) is -0.441. The molecule has 0 saturated carbocycles.